The maximum atomic E-state index is 12.0. The van der Waals surface area contributed by atoms with E-state index < -0.39 is 5.97 Å². The lowest BCUT2D eigenvalue weighted by atomic mass is 10.1. The minimum atomic E-state index is -0.439. The van der Waals surface area contributed by atoms with Gasteiger partial charge >= 0.3 is 5.97 Å². The number of fused-ring (bicyclic) bond motifs is 1. The summed E-state index contributed by atoms with van der Waals surface area (Å²) in [5.41, 5.74) is 3.17. The number of aromatic hydroxyl groups is 1. The van der Waals surface area contributed by atoms with Gasteiger partial charge in [0.25, 0.3) is 0 Å². The topological polar surface area (TPSA) is 75.9 Å². The van der Waals surface area contributed by atoms with Crippen LogP contribution >= 0.6 is 11.6 Å². The Morgan fingerprint density at radius 1 is 1.17 bits per heavy atom. The molecule has 0 aliphatic carbocycles. The van der Waals surface area contributed by atoms with Crippen LogP contribution in [0.2, 0.25) is 5.02 Å². The number of anilines is 1. The van der Waals surface area contributed by atoms with Gasteiger partial charge in [-0.3, -0.25) is 4.40 Å². The van der Waals surface area contributed by atoms with Crippen LogP contribution in [-0.4, -0.2) is 27.6 Å². The second kappa shape index (κ2) is 7.85. The van der Waals surface area contributed by atoms with Gasteiger partial charge in [0.2, 0.25) is 0 Å². The summed E-state index contributed by atoms with van der Waals surface area (Å²) in [6.45, 7) is 0.484. The molecule has 2 aromatic carbocycles. The van der Waals surface area contributed by atoms with Crippen LogP contribution in [0, 0.1) is 0 Å². The van der Waals surface area contributed by atoms with Gasteiger partial charge in [-0.05, 0) is 42.0 Å². The number of esters is 1. The number of carbonyl (C=O) groups is 1. The standard InChI is InChI=1S/C22H18ClN3O3/c1-29-22(28)15-9-10-19-25-20(17-7-2-3-8-18(17)27)21(26(19)13-15)24-12-14-5-4-6-16(23)11-14/h2-11,13,24,27H,12H2,1H3. The van der Waals surface area contributed by atoms with Crippen LogP contribution in [0.4, 0.5) is 5.82 Å². The molecule has 0 bridgehead atoms. The molecule has 0 fully saturated rings. The summed E-state index contributed by atoms with van der Waals surface area (Å²) in [7, 11) is 1.34. The van der Waals surface area contributed by atoms with Crippen LogP contribution < -0.4 is 5.32 Å². The summed E-state index contributed by atoms with van der Waals surface area (Å²) in [4.78, 5) is 16.6. The minimum absolute atomic E-state index is 0.120. The molecule has 0 atom stereocenters. The third-order valence-electron chi connectivity index (χ3n) is 4.55. The molecule has 0 unspecified atom stereocenters. The minimum Gasteiger partial charge on any atom is -0.507 e. The number of hydrogen-bond acceptors (Lipinski definition) is 5. The summed E-state index contributed by atoms with van der Waals surface area (Å²) in [5.74, 6) is 0.327. The molecule has 0 spiro atoms. The molecule has 0 amide bonds. The van der Waals surface area contributed by atoms with E-state index in [9.17, 15) is 9.90 Å². The van der Waals surface area contributed by atoms with E-state index in [2.05, 4.69) is 10.3 Å². The zero-order valence-corrected chi connectivity index (χ0v) is 16.3. The van der Waals surface area contributed by atoms with Crippen molar-refractivity contribution in [1.29, 1.82) is 0 Å². The molecule has 6 nitrogen and oxygen atoms in total. The quantitative estimate of drug-likeness (QED) is 0.466. The van der Waals surface area contributed by atoms with Crippen LogP contribution in [0.25, 0.3) is 16.9 Å². The monoisotopic (exact) mass is 407 g/mol. The zero-order valence-electron chi connectivity index (χ0n) is 15.6. The predicted octanol–water partition coefficient (Wildman–Crippen LogP) is 4.76. The first kappa shape index (κ1) is 18.8. The number of halogens is 1. The first-order valence-electron chi connectivity index (χ1n) is 8.94. The number of rotatable bonds is 5. The smallest absolute Gasteiger partial charge is 0.339 e. The Kier molecular flexibility index (Phi) is 5.10. The molecule has 7 heteroatoms. The van der Waals surface area contributed by atoms with Crippen molar-refractivity contribution < 1.29 is 14.6 Å². The third kappa shape index (κ3) is 3.75. The molecule has 2 heterocycles. The lowest BCUT2D eigenvalue weighted by molar-refractivity contribution is 0.0600. The van der Waals surface area contributed by atoms with Crippen LogP contribution in [0.1, 0.15) is 15.9 Å². The van der Waals surface area contributed by atoms with E-state index in [0.717, 1.165) is 5.56 Å². The van der Waals surface area contributed by atoms with Crippen molar-refractivity contribution in [2.24, 2.45) is 0 Å². The number of pyridine rings is 1. The fraction of sp³-hybridized carbons (Fsp3) is 0.0909. The van der Waals surface area contributed by atoms with Crippen LogP contribution in [0.15, 0.2) is 66.9 Å². The predicted molar refractivity (Wildman–Crippen MR) is 112 cm³/mol. The number of carbonyl (C=O) groups excluding carboxylic acids is 1. The molecular weight excluding hydrogens is 390 g/mol. The third-order valence-corrected chi connectivity index (χ3v) is 4.78. The van der Waals surface area contributed by atoms with Gasteiger partial charge in [0.15, 0.2) is 0 Å². The molecule has 0 saturated carbocycles. The summed E-state index contributed by atoms with van der Waals surface area (Å²) in [5, 5.41) is 14.4. The number of aromatic nitrogens is 2. The van der Waals surface area contributed by atoms with Gasteiger partial charge in [-0.1, -0.05) is 35.9 Å². The van der Waals surface area contributed by atoms with Gasteiger partial charge in [-0.15, -0.1) is 0 Å². The molecule has 0 aliphatic heterocycles. The van der Waals surface area contributed by atoms with Crippen molar-refractivity contribution in [3.8, 4) is 17.0 Å². The van der Waals surface area contributed by atoms with E-state index in [0.29, 0.717) is 39.9 Å². The highest BCUT2D eigenvalue weighted by Crippen LogP contribution is 2.35. The van der Waals surface area contributed by atoms with Crippen LogP contribution in [0.5, 0.6) is 5.75 Å². The normalized spacial score (nSPS) is 10.8. The van der Waals surface area contributed by atoms with E-state index in [-0.39, 0.29) is 5.75 Å². The highest BCUT2D eigenvalue weighted by Gasteiger charge is 2.18. The number of methoxy groups -OCH3 is 1. The number of nitrogens with one attached hydrogen (secondary N) is 1. The maximum absolute atomic E-state index is 12.0. The average molecular weight is 408 g/mol. The summed E-state index contributed by atoms with van der Waals surface area (Å²) in [6, 6.07) is 17.9. The number of imidazole rings is 1. The number of ether oxygens (including phenoxy) is 1. The molecule has 4 rings (SSSR count). The van der Waals surface area contributed by atoms with E-state index in [4.69, 9.17) is 16.3 Å². The number of benzene rings is 2. The highest BCUT2D eigenvalue weighted by atomic mass is 35.5. The molecule has 0 saturated heterocycles. The van der Waals surface area contributed by atoms with Crippen molar-refractivity contribution in [3.63, 3.8) is 0 Å². The number of phenolic OH excluding ortho intramolecular Hbond substituents is 1. The molecule has 0 aliphatic rings. The van der Waals surface area contributed by atoms with Gasteiger partial charge < -0.3 is 15.2 Å². The Labute approximate surface area is 172 Å². The zero-order chi connectivity index (χ0) is 20.4. The van der Waals surface area contributed by atoms with Crippen LogP contribution in [-0.2, 0) is 11.3 Å². The fourth-order valence-electron chi connectivity index (χ4n) is 3.15. The van der Waals surface area contributed by atoms with Gasteiger partial charge in [0, 0.05) is 23.3 Å². The average Bonchev–Trinajstić information content (AvgIpc) is 3.09. The van der Waals surface area contributed by atoms with Crippen molar-refractivity contribution >= 4 is 29.0 Å². The Morgan fingerprint density at radius 3 is 2.76 bits per heavy atom. The second-order valence-corrected chi connectivity index (χ2v) is 6.88. The Hall–Kier alpha value is -3.51. The van der Waals surface area contributed by atoms with E-state index in [1.807, 2.05) is 30.3 Å². The summed E-state index contributed by atoms with van der Waals surface area (Å²) < 4.78 is 6.61. The van der Waals surface area contributed by atoms with E-state index in [1.54, 1.807) is 40.9 Å². The van der Waals surface area contributed by atoms with Gasteiger partial charge in [-0.25, -0.2) is 9.78 Å². The molecule has 2 aromatic heterocycles. The molecule has 146 valence electrons. The molecular formula is C22H18ClN3O3. The van der Waals surface area contributed by atoms with E-state index >= 15 is 0 Å². The number of hydrogen-bond donors (Lipinski definition) is 2. The van der Waals surface area contributed by atoms with Crippen LogP contribution in [0.3, 0.4) is 0 Å². The molecule has 4 aromatic rings. The maximum Gasteiger partial charge on any atom is 0.339 e. The number of phenols is 1. The lowest BCUT2D eigenvalue weighted by Gasteiger charge is -2.11. The van der Waals surface area contributed by atoms with Gasteiger partial charge in [0.05, 0.1) is 12.7 Å². The second-order valence-electron chi connectivity index (χ2n) is 6.45. The Morgan fingerprint density at radius 2 is 2.00 bits per heavy atom. The first-order chi connectivity index (χ1) is 14.1. The molecule has 29 heavy (non-hydrogen) atoms. The van der Waals surface area contributed by atoms with Crippen molar-refractivity contribution in [2.45, 2.75) is 6.54 Å². The first-order valence-corrected chi connectivity index (χ1v) is 9.31. The molecule has 0 radical (unpaired) electrons. The SMILES string of the molecule is COC(=O)c1ccc2nc(-c3ccccc3O)c(NCc3cccc(Cl)c3)n2c1. The van der Waals surface area contributed by atoms with Gasteiger partial charge in [0.1, 0.15) is 22.9 Å². The Balaban J connectivity index is 1.84. The van der Waals surface area contributed by atoms with Gasteiger partial charge in [-0.2, -0.15) is 0 Å². The number of nitrogens with zero attached hydrogens (tertiary/aromatic N) is 2. The Bertz CT molecular complexity index is 1200. The largest absolute Gasteiger partial charge is 0.507 e. The highest BCUT2D eigenvalue weighted by molar-refractivity contribution is 6.30. The van der Waals surface area contributed by atoms with Crippen molar-refractivity contribution in [3.05, 3.63) is 83.0 Å². The van der Waals surface area contributed by atoms with E-state index in [1.165, 1.54) is 7.11 Å². The number of para-hydroxylation sites is 1. The lowest BCUT2D eigenvalue weighted by Crippen LogP contribution is -2.06. The fourth-order valence-corrected chi connectivity index (χ4v) is 3.36. The van der Waals surface area contributed by atoms with Crippen molar-refractivity contribution in [1.82, 2.24) is 9.38 Å². The molecule has 2 N–H and O–H groups in total. The van der Waals surface area contributed by atoms with Crippen molar-refractivity contribution in [2.75, 3.05) is 12.4 Å². The summed E-state index contributed by atoms with van der Waals surface area (Å²) >= 11 is 6.09. The summed E-state index contributed by atoms with van der Waals surface area (Å²) in [6.07, 6.45) is 1.66.